The van der Waals surface area contributed by atoms with Crippen molar-refractivity contribution < 1.29 is 0 Å². The van der Waals surface area contributed by atoms with Crippen molar-refractivity contribution in [2.45, 2.75) is 57.9 Å². The summed E-state index contributed by atoms with van der Waals surface area (Å²) in [6.45, 7) is 5.58. The minimum Gasteiger partial charge on any atom is -0.319 e. The average molecular weight is 249 g/mol. The largest absolute Gasteiger partial charge is 0.319 e. The molecule has 18 heavy (non-hydrogen) atoms. The molecule has 1 aliphatic carbocycles. The number of hydrogen-bond donors (Lipinski definition) is 1. The first-order valence-corrected chi connectivity index (χ1v) is 7.42. The summed E-state index contributed by atoms with van der Waals surface area (Å²) < 4.78 is 2.22. The Morgan fingerprint density at radius 2 is 2.11 bits per heavy atom. The van der Waals surface area contributed by atoms with Crippen molar-refractivity contribution in [3.63, 3.8) is 0 Å². The van der Waals surface area contributed by atoms with Crippen LogP contribution in [0.5, 0.6) is 0 Å². The predicted octanol–water partition coefficient (Wildman–Crippen LogP) is 3.35. The Kier molecular flexibility index (Phi) is 4.81. The summed E-state index contributed by atoms with van der Waals surface area (Å²) in [7, 11) is 2.07. The second-order valence-corrected chi connectivity index (χ2v) is 5.86. The second kappa shape index (κ2) is 6.37. The third kappa shape index (κ3) is 2.94. The fourth-order valence-electron chi connectivity index (χ4n) is 3.33. The van der Waals surface area contributed by atoms with E-state index >= 15 is 0 Å². The van der Waals surface area contributed by atoms with E-state index in [2.05, 4.69) is 42.1 Å². The molecule has 2 rings (SSSR count). The van der Waals surface area contributed by atoms with Crippen LogP contribution in [0.4, 0.5) is 0 Å². The fourth-order valence-corrected chi connectivity index (χ4v) is 3.33. The van der Waals surface area contributed by atoms with Gasteiger partial charge in [0.05, 0.1) is 0 Å². The van der Waals surface area contributed by atoms with Crippen LogP contribution in [0, 0.1) is 5.92 Å². The van der Waals surface area contributed by atoms with E-state index < -0.39 is 0 Å². The van der Waals surface area contributed by atoms with E-state index in [4.69, 9.17) is 0 Å². The van der Waals surface area contributed by atoms with Crippen LogP contribution in [0.1, 0.15) is 63.6 Å². The van der Waals surface area contributed by atoms with E-state index in [-0.39, 0.29) is 0 Å². The van der Waals surface area contributed by atoms with Crippen LogP contribution in [0.15, 0.2) is 12.3 Å². The molecule has 0 bridgehead atoms. The smallest absolute Gasteiger partial charge is 0.0492 e. The van der Waals surface area contributed by atoms with E-state index in [0.29, 0.717) is 12.0 Å². The Labute approximate surface area is 111 Å². The molecule has 0 spiro atoms. The minimum absolute atomic E-state index is 0.466. The number of nitrogens with zero attached hydrogens (tertiary/aromatic N) is 2. The molecule has 0 amide bonds. The lowest BCUT2D eigenvalue weighted by Gasteiger charge is -2.26. The Hall–Kier alpha value is -0.830. The Morgan fingerprint density at radius 1 is 1.33 bits per heavy atom. The monoisotopic (exact) mass is 249 g/mol. The van der Waals surface area contributed by atoms with Gasteiger partial charge in [0.2, 0.25) is 0 Å². The molecule has 3 nitrogen and oxygen atoms in total. The van der Waals surface area contributed by atoms with Crippen molar-refractivity contribution in [2.24, 2.45) is 5.92 Å². The maximum atomic E-state index is 4.51. The van der Waals surface area contributed by atoms with Crippen LogP contribution in [0.3, 0.4) is 0 Å². The van der Waals surface area contributed by atoms with Gasteiger partial charge in [-0.15, -0.1) is 0 Å². The molecular formula is C15H27N3. The van der Waals surface area contributed by atoms with Gasteiger partial charge in [-0.3, -0.25) is 4.68 Å². The third-order valence-corrected chi connectivity index (χ3v) is 4.20. The highest BCUT2D eigenvalue weighted by atomic mass is 15.3. The molecule has 0 aromatic carbocycles. The molecule has 1 aliphatic rings. The van der Waals surface area contributed by atoms with Gasteiger partial charge in [0, 0.05) is 23.9 Å². The molecule has 0 saturated heterocycles. The molecule has 0 aliphatic heterocycles. The van der Waals surface area contributed by atoms with E-state index in [9.17, 15) is 0 Å². The first-order chi connectivity index (χ1) is 8.74. The van der Waals surface area contributed by atoms with Crippen LogP contribution < -0.4 is 5.32 Å². The Morgan fingerprint density at radius 3 is 2.83 bits per heavy atom. The minimum atomic E-state index is 0.466. The summed E-state index contributed by atoms with van der Waals surface area (Å²) in [5.74, 6) is 1.46. The number of rotatable bonds is 4. The van der Waals surface area contributed by atoms with Gasteiger partial charge >= 0.3 is 0 Å². The highest BCUT2D eigenvalue weighted by Gasteiger charge is 2.27. The molecule has 1 saturated carbocycles. The van der Waals surface area contributed by atoms with Crippen molar-refractivity contribution in [1.29, 1.82) is 0 Å². The van der Waals surface area contributed by atoms with Crippen molar-refractivity contribution in [1.82, 2.24) is 15.1 Å². The summed E-state index contributed by atoms with van der Waals surface area (Å²) in [4.78, 5) is 0. The highest BCUT2D eigenvalue weighted by Crippen LogP contribution is 2.36. The molecule has 0 radical (unpaired) electrons. The molecule has 2 atom stereocenters. The molecule has 1 aromatic rings. The maximum absolute atomic E-state index is 4.51. The van der Waals surface area contributed by atoms with Crippen LogP contribution in [0.2, 0.25) is 0 Å². The topological polar surface area (TPSA) is 29.9 Å². The van der Waals surface area contributed by atoms with Crippen molar-refractivity contribution >= 4 is 0 Å². The predicted molar refractivity (Wildman–Crippen MR) is 75.9 cm³/mol. The highest BCUT2D eigenvalue weighted by molar-refractivity contribution is 5.11. The van der Waals surface area contributed by atoms with Gasteiger partial charge in [-0.05, 0) is 52.3 Å². The summed E-state index contributed by atoms with van der Waals surface area (Å²) in [6.07, 6.45) is 8.80. The molecule has 2 unspecified atom stereocenters. The van der Waals surface area contributed by atoms with E-state index in [1.54, 1.807) is 0 Å². The lowest BCUT2D eigenvalue weighted by atomic mass is 9.85. The average Bonchev–Trinajstić information content (AvgIpc) is 2.72. The summed E-state index contributed by atoms with van der Waals surface area (Å²) >= 11 is 0. The Bertz CT molecular complexity index is 356. The SMILES string of the molecule is CNCC1CCCCCC1c1ccnn1C(C)C. The summed E-state index contributed by atoms with van der Waals surface area (Å²) in [5, 5.41) is 7.89. The van der Waals surface area contributed by atoms with Gasteiger partial charge < -0.3 is 5.32 Å². The third-order valence-electron chi connectivity index (χ3n) is 4.20. The van der Waals surface area contributed by atoms with Crippen LogP contribution in [-0.2, 0) is 0 Å². The lowest BCUT2D eigenvalue weighted by molar-refractivity contribution is 0.357. The zero-order valence-electron chi connectivity index (χ0n) is 12.0. The van der Waals surface area contributed by atoms with Crippen LogP contribution in [-0.4, -0.2) is 23.4 Å². The molecule has 1 heterocycles. The van der Waals surface area contributed by atoms with E-state index in [0.717, 1.165) is 12.5 Å². The molecule has 1 aromatic heterocycles. The maximum Gasteiger partial charge on any atom is 0.0492 e. The quantitative estimate of drug-likeness (QED) is 0.829. The second-order valence-electron chi connectivity index (χ2n) is 5.86. The molecule has 3 heteroatoms. The lowest BCUT2D eigenvalue weighted by Crippen LogP contribution is -2.26. The zero-order valence-corrected chi connectivity index (χ0v) is 12.0. The first kappa shape index (κ1) is 13.6. The standard InChI is InChI=1S/C15H27N3/c1-12(2)18-15(9-10-17-18)14-8-6-4-5-7-13(14)11-16-3/h9-10,12-14,16H,4-8,11H2,1-3H3. The number of aromatic nitrogens is 2. The molecule has 1 N–H and O–H groups in total. The molecule has 1 fully saturated rings. The van der Waals surface area contributed by atoms with Crippen molar-refractivity contribution in [2.75, 3.05) is 13.6 Å². The van der Waals surface area contributed by atoms with E-state index in [1.165, 1.54) is 37.8 Å². The van der Waals surface area contributed by atoms with Crippen LogP contribution >= 0.6 is 0 Å². The van der Waals surface area contributed by atoms with Crippen molar-refractivity contribution in [3.05, 3.63) is 18.0 Å². The van der Waals surface area contributed by atoms with Crippen molar-refractivity contribution in [3.8, 4) is 0 Å². The zero-order chi connectivity index (χ0) is 13.0. The van der Waals surface area contributed by atoms with Gasteiger partial charge in [-0.2, -0.15) is 5.10 Å². The van der Waals surface area contributed by atoms with Gasteiger partial charge in [0.1, 0.15) is 0 Å². The first-order valence-electron chi connectivity index (χ1n) is 7.42. The van der Waals surface area contributed by atoms with Crippen LogP contribution in [0.25, 0.3) is 0 Å². The van der Waals surface area contributed by atoms with Gasteiger partial charge in [-0.25, -0.2) is 0 Å². The summed E-state index contributed by atoms with van der Waals surface area (Å²) in [6, 6.07) is 2.70. The summed E-state index contributed by atoms with van der Waals surface area (Å²) in [5.41, 5.74) is 1.45. The number of nitrogens with one attached hydrogen (secondary N) is 1. The van der Waals surface area contributed by atoms with E-state index in [1.807, 2.05) is 6.20 Å². The Balaban J connectivity index is 2.23. The normalized spacial score (nSPS) is 25.3. The molecular weight excluding hydrogens is 222 g/mol. The van der Waals surface area contributed by atoms with Gasteiger partial charge in [0.25, 0.3) is 0 Å². The van der Waals surface area contributed by atoms with Gasteiger partial charge in [0.15, 0.2) is 0 Å². The fraction of sp³-hybridized carbons (Fsp3) is 0.800. The molecule has 102 valence electrons. The van der Waals surface area contributed by atoms with Gasteiger partial charge in [-0.1, -0.05) is 19.3 Å². The number of hydrogen-bond acceptors (Lipinski definition) is 2.